The van der Waals surface area contributed by atoms with Crippen LogP contribution in [-0.4, -0.2) is 60.2 Å². The predicted molar refractivity (Wildman–Crippen MR) is 141 cm³/mol. The molecule has 4 rings (SSSR count). The normalized spacial score (nSPS) is 19.5. The summed E-state index contributed by atoms with van der Waals surface area (Å²) >= 11 is 0. The first-order valence-electron chi connectivity index (χ1n) is 12.1. The maximum atomic E-state index is 14.0. The van der Waals surface area contributed by atoms with Gasteiger partial charge in [0.25, 0.3) is 0 Å². The molecular weight excluding hydrogens is 452 g/mol. The molecule has 1 heterocycles. The number of benzene rings is 3. The van der Waals surface area contributed by atoms with Crippen LogP contribution in [-0.2, 0) is 14.4 Å². The van der Waals surface area contributed by atoms with E-state index < -0.39 is 6.04 Å². The SMILES string of the molecule is CC(=O)N[C@H]1C[C@@H](C(=O)N(C)C)N(CC(=O)N(c2ccccc2)c2ccccc2)[C@H]1c1ccccc1. The lowest BCUT2D eigenvalue weighted by atomic mass is 9.99. The van der Waals surface area contributed by atoms with Crippen LogP contribution in [0, 0.1) is 0 Å². The molecule has 7 heteroatoms. The van der Waals surface area contributed by atoms with Gasteiger partial charge < -0.3 is 10.2 Å². The molecule has 3 atom stereocenters. The van der Waals surface area contributed by atoms with E-state index in [4.69, 9.17) is 0 Å². The maximum absolute atomic E-state index is 14.0. The van der Waals surface area contributed by atoms with Gasteiger partial charge in [-0.3, -0.25) is 24.2 Å². The molecule has 186 valence electrons. The van der Waals surface area contributed by atoms with E-state index in [1.807, 2.05) is 95.9 Å². The number of rotatable bonds is 7. The first-order valence-corrected chi connectivity index (χ1v) is 12.1. The summed E-state index contributed by atoms with van der Waals surface area (Å²) < 4.78 is 0. The first-order chi connectivity index (χ1) is 17.4. The lowest BCUT2D eigenvalue weighted by Gasteiger charge is -2.34. The fourth-order valence-electron chi connectivity index (χ4n) is 4.97. The number of hydrogen-bond acceptors (Lipinski definition) is 4. The third kappa shape index (κ3) is 5.47. The Morgan fingerprint density at radius 2 is 1.33 bits per heavy atom. The summed E-state index contributed by atoms with van der Waals surface area (Å²) in [4.78, 5) is 44.6. The molecule has 36 heavy (non-hydrogen) atoms. The van der Waals surface area contributed by atoms with E-state index in [9.17, 15) is 14.4 Å². The molecule has 1 aliphatic rings. The first kappa shape index (κ1) is 25.1. The van der Waals surface area contributed by atoms with Gasteiger partial charge in [0.15, 0.2) is 0 Å². The van der Waals surface area contributed by atoms with Gasteiger partial charge in [-0.2, -0.15) is 0 Å². The van der Waals surface area contributed by atoms with Gasteiger partial charge in [0, 0.05) is 32.4 Å². The molecule has 0 saturated carbocycles. The van der Waals surface area contributed by atoms with Crippen molar-refractivity contribution in [2.75, 3.05) is 25.5 Å². The quantitative estimate of drug-likeness (QED) is 0.554. The smallest absolute Gasteiger partial charge is 0.245 e. The minimum atomic E-state index is -0.556. The molecule has 1 N–H and O–H groups in total. The molecule has 0 aliphatic carbocycles. The highest BCUT2D eigenvalue weighted by Crippen LogP contribution is 2.38. The van der Waals surface area contributed by atoms with E-state index in [-0.39, 0.29) is 36.3 Å². The van der Waals surface area contributed by atoms with Crippen molar-refractivity contribution in [3.8, 4) is 0 Å². The second-order valence-electron chi connectivity index (χ2n) is 9.22. The molecule has 0 spiro atoms. The maximum Gasteiger partial charge on any atom is 0.245 e. The number of anilines is 2. The largest absolute Gasteiger partial charge is 0.352 e. The van der Waals surface area contributed by atoms with Crippen LogP contribution in [0.15, 0.2) is 91.0 Å². The van der Waals surface area contributed by atoms with E-state index in [1.165, 1.54) is 6.92 Å². The highest BCUT2D eigenvalue weighted by atomic mass is 16.2. The van der Waals surface area contributed by atoms with E-state index in [2.05, 4.69) is 5.32 Å². The fraction of sp³-hybridized carbons (Fsp3) is 0.276. The Morgan fingerprint density at radius 3 is 1.81 bits per heavy atom. The zero-order valence-corrected chi connectivity index (χ0v) is 20.9. The fourth-order valence-corrected chi connectivity index (χ4v) is 4.97. The van der Waals surface area contributed by atoms with Crippen LogP contribution >= 0.6 is 0 Å². The molecule has 3 aromatic carbocycles. The summed E-state index contributed by atoms with van der Waals surface area (Å²) in [5.74, 6) is -0.420. The Hall–Kier alpha value is -3.97. The van der Waals surface area contributed by atoms with Crippen LogP contribution in [0.25, 0.3) is 0 Å². The average molecular weight is 485 g/mol. The van der Waals surface area contributed by atoms with Crippen molar-refractivity contribution in [1.29, 1.82) is 0 Å². The second kappa shape index (κ2) is 11.2. The van der Waals surface area contributed by atoms with Crippen LogP contribution in [0.3, 0.4) is 0 Å². The van der Waals surface area contributed by atoms with Crippen molar-refractivity contribution in [2.45, 2.75) is 31.5 Å². The molecule has 1 saturated heterocycles. The highest BCUT2D eigenvalue weighted by Gasteiger charge is 2.47. The zero-order chi connectivity index (χ0) is 25.7. The number of amides is 3. The highest BCUT2D eigenvalue weighted by molar-refractivity contribution is 6.02. The summed E-state index contributed by atoms with van der Waals surface area (Å²) in [5.41, 5.74) is 2.44. The second-order valence-corrected chi connectivity index (χ2v) is 9.22. The van der Waals surface area contributed by atoms with E-state index in [0.29, 0.717) is 6.42 Å². The third-order valence-electron chi connectivity index (χ3n) is 6.47. The zero-order valence-electron chi connectivity index (χ0n) is 20.9. The van der Waals surface area contributed by atoms with Crippen LogP contribution in [0.4, 0.5) is 11.4 Å². The van der Waals surface area contributed by atoms with Gasteiger partial charge in [-0.1, -0.05) is 66.7 Å². The molecule has 1 fully saturated rings. The number of para-hydroxylation sites is 2. The van der Waals surface area contributed by atoms with Crippen molar-refractivity contribution < 1.29 is 14.4 Å². The Kier molecular flexibility index (Phi) is 7.80. The van der Waals surface area contributed by atoms with Gasteiger partial charge >= 0.3 is 0 Å². The standard InChI is InChI=1S/C29H32N4O3/c1-21(34)30-25-19-26(29(36)31(2)3)32(28(25)22-13-7-4-8-14-22)20-27(35)33(23-15-9-5-10-16-23)24-17-11-6-12-18-24/h4-18,25-26,28H,19-20H2,1-3H3,(H,30,34)/t25-,26-,28-/m0/s1. The van der Waals surface area contributed by atoms with Gasteiger partial charge in [-0.05, 0) is 36.2 Å². The van der Waals surface area contributed by atoms with Crippen molar-refractivity contribution in [3.05, 3.63) is 96.6 Å². The lowest BCUT2D eigenvalue weighted by molar-refractivity contribution is -0.134. The van der Waals surface area contributed by atoms with Gasteiger partial charge in [0.2, 0.25) is 17.7 Å². The van der Waals surface area contributed by atoms with Crippen LogP contribution in [0.1, 0.15) is 24.9 Å². The molecule has 0 bridgehead atoms. The number of likely N-dealkylation sites (tertiary alicyclic amines) is 1. The van der Waals surface area contributed by atoms with Crippen LogP contribution < -0.4 is 10.2 Å². The minimum Gasteiger partial charge on any atom is -0.352 e. The summed E-state index contributed by atoms with van der Waals surface area (Å²) in [6.07, 6.45) is 0.417. The third-order valence-corrected chi connectivity index (χ3v) is 6.47. The Labute approximate surface area is 212 Å². The van der Waals surface area contributed by atoms with Gasteiger partial charge in [0.1, 0.15) is 0 Å². The summed E-state index contributed by atoms with van der Waals surface area (Å²) in [6.45, 7) is 1.48. The molecule has 0 radical (unpaired) electrons. The molecule has 3 aromatic rings. The van der Waals surface area contributed by atoms with Crippen molar-refractivity contribution in [1.82, 2.24) is 15.1 Å². The molecule has 7 nitrogen and oxygen atoms in total. The van der Waals surface area contributed by atoms with E-state index >= 15 is 0 Å². The molecule has 0 aromatic heterocycles. The number of nitrogens with zero attached hydrogens (tertiary/aromatic N) is 3. The Bertz CT molecular complexity index is 1150. The monoisotopic (exact) mass is 484 g/mol. The summed E-state index contributed by atoms with van der Waals surface area (Å²) in [6, 6.07) is 27.5. The van der Waals surface area contributed by atoms with Gasteiger partial charge in [-0.15, -0.1) is 0 Å². The molecule has 3 amide bonds. The van der Waals surface area contributed by atoms with Gasteiger partial charge in [0.05, 0.1) is 24.7 Å². The summed E-state index contributed by atoms with van der Waals surface area (Å²) in [5, 5.41) is 3.03. The lowest BCUT2D eigenvalue weighted by Crippen LogP contribution is -2.48. The van der Waals surface area contributed by atoms with Crippen molar-refractivity contribution in [2.24, 2.45) is 0 Å². The number of carbonyl (C=O) groups excluding carboxylic acids is 3. The molecular formula is C29H32N4O3. The Balaban J connectivity index is 1.75. The average Bonchev–Trinajstić information content (AvgIpc) is 3.22. The van der Waals surface area contributed by atoms with Crippen molar-refractivity contribution >= 4 is 29.1 Å². The minimum absolute atomic E-state index is 0.00365. The van der Waals surface area contributed by atoms with Crippen LogP contribution in [0.5, 0.6) is 0 Å². The number of carbonyl (C=O) groups is 3. The Morgan fingerprint density at radius 1 is 0.833 bits per heavy atom. The molecule has 0 unspecified atom stereocenters. The topological polar surface area (TPSA) is 73.0 Å². The number of hydrogen-bond donors (Lipinski definition) is 1. The number of likely N-dealkylation sites (N-methyl/N-ethyl adjacent to an activating group) is 1. The summed E-state index contributed by atoms with van der Waals surface area (Å²) in [7, 11) is 3.43. The van der Waals surface area contributed by atoms with E-state index in [0.717, 1.165) is 16.9 Å². The van der Waals surface area contributed by atoms with Crippen LogP contribution in [0.2, 0.25) is 0 Å². The molecule has 1 aliphatic heterocycles. The van der Waals surface area contributed by atoms with Crippen molar-refractivity contribution in [3.63, 3.8) is 0 Å². The van der Waals surface area contributed by atoms with Gasteiger partial charge in [-0.25, -0.2) is 0 Å². The van der Waals surface area contributed by atoms with E-state index in [1.54, 1.807) is 23.9 Å². The number of nitrogens with one attached hydrogen (secondary N) is 1. The predicted octanol–water partition coefficient (Wildman–Crippen LogP) is 3.76.